The summed E-state index contributed by atoms with van der Waals surface area (Å²) in [5, 5.41) is 34.5. The number of rotatable bonds is 13. The molecule has 1 aliphatic heterocycles. The molecule has 0 aromatic carbocycles. The van der Waals surface area contributed by atoms with E-state index in [-0.39, 0.29) is 12.4 Å². The zero-order valence-electron chi connectivity index (χ0n) is 19.0. The summed E-state index contributed by atoms with van der Waals surface area (Å²) in [5.41, 5.74) is 10.8. The van der Waals surface area contributed by atoms with Gasteiger partial charge in [-0.1, -0.05) is 32.6 Å². The first kappa shape index (κ1) is 28.0. The second-order valence-corrected chi connectivity index (χ2v) is 7.78. The van der Waals surface area contributed by atoms with E-state index in [1.807, 2.05) is 0 Å². The molecule has 1 rings (SSSR count). The lowest BCUT2D eigenvalue weighted by atomic mass is 9.94. The highest BCUT2D eigenvalue weighted by Crippen LogP contribution is 2.26. The van der Waals surface area contributed by atoms with E-state index in [4.69, 9.17) is 16.2 Å². The molecule has 0 aromatic rings. The Labute approximate surface area is 192 Å². The highest BCUT2D eigenvalue weighted by atomic mass is 16.8. The van der Waals surface area contributed by atoms with Gasteiger partial charge in [0.1, 0.15) is 6.10 Å². The van der Waals surface area contributed by atoms with Gasteiger partial charge in [0.05, 0.1) is 12.1 Å². The molecule has 3 atom stereocenters. The number of ether oxygens (including phenoxy) is 2. The largest absolute Gasteiger partial charge is 0.481 e. The summed E-state index contributed by atoms with van der Waals surface area (Å²) in [7, 11) is 0. The first-order valence-electron chi connectivity index (χ1n) is 10.8. The van der Waals surface area contributed by atoms with Crippen LogP contribution in [0, 0.1) is 0 Å². The quantitative estimate of drug-likeness (QED) is 0.0795. The van der Waals surface area contributed by atoms with Gasteiger partial charge in [-0.25, -0.2) is 14.6 Å². The SMILES string of the molecule is CCCCCCCNC(=O)OC(O)(O)CC[C@H]1OC(C(=O)O)=C[C@H](N=C(N)N)[C@H]1NC(C)=O. The third-order valence-corrected chi connectivity index (χ3v) is 4.81. The zero-order chi connectivity index (χ0) is 25.0. The number of carboxylic acids is 1. The molecule has 188 valence electrons. The van der Waals surface area contributed by atoms with Crippen molar-refractivity contribution in [2.45, 2.75) is 83.0 Å². The van der Waals surface area contributed by atoms with Gasteiger partial charge in [0.25, 0.3) is 0 Å². The van der Waals surface area contributed by atoms with Crippen molar-refractivity contribution in [1.29, 1.82) is 0 Å². The molecule has 0 spiro atoms. The topological polar surface area (TPSA) is 219 Å². The van der Waals surface area contributed by atoms with Gasteiger partial charge in [0.2, 0.25) is 11.7 Å². The number of hydrogen-bond donors (Lipinski definition) is 7. The Bertz CT molecular complexity index is 736. The summed E-state index contributed by atoms with van der Waals surface area (Å²) in [5.74, 6) is -5.53. The maximum absolute atomic E-state index is 11.8. The normalized spacial score (nSPS) is 20.1. The molecular weight excluding hydrogens is 438 g/mol. The predicted octanol–water partition coefficient (Wildman–Crippen LogP) is -0.384. The third kappa shape index (κ3) is 10.9. The lowest BCUT2D eigenvalue weighted by molar-refractivity contribution is -0.312. The molecule has 0 aliphatic carbocycles. The Hall–Kier alpha value is -3.06. The number of unbranched alkanes of at least 4 members (excludes halogenated alkanes) is 4. The van der Waals surface area contributed by atoms with Crippen molar-refractivity contribution in [3.63, 3.8) is 0 Å². The number of guanidine groups is 1. The molecule has 0 radical (unpaired) electrons. The van der Waals surface area contributed by atoms with E-state index in [9.17, 15) is 29.7 Å². The number of carboxylic acid groups (broad SMARTS) is 1. The molecule has 0 fully saturated rings. The minimum absolute atomic E-state index is 0.219. The summed E-state index contributed by atoms with van der Waals surface area (Å²) in [6.45, 7) is 3.65. The average Bonchev–Trinajstić information content (AvgIpc) is 2.69. The van der Waals surface area contributed by atoms with Crippen LogP contribution in [0.3, 0.4) is 0 Å². The van der Waals surface area contributed by atoms with E-state index in [1.54, 1.807) is 0 Å². The fourth-order valence-corrected chi connectivity index (χ4v) is 3.30. The number of nitrogens with two attached hydrogens (primary N) is 2. The number of alkyl carbamates (subject to hydrolysis) is 1. The number of carbonyl (C=O) groups is 3. The van der Waals surface area contributed by atoms with E-state index in [0.29, 0.717) is 6.54 Å². The summed E-state index contributed by atoms with van der Waals surface area (Å²) in [4.78, 5) is 38.8. The van der Waals surface area contributed by atoms with Crippen molar-refractivity contribution in [2.75, 3.05) is 6.54 Å². The van der Waals surface area contributed by atoms with Crippen molar-refractivity contribution in [3.8, 4) is 0 Å². The third-order valence-electron chi connectivity index (χ3n) is 4.81. The van der Waals surface area contributed by atoms with Crippen LogP contribution in [-0.4, -0.2) is 70.0 Å². The van der Waals surface area contributed by atoms with Crippen molar-refractivity contribution in [3.05, 3.63) is 11.8 Å². The Balaban J connectivity index is 2.76. The number of hydrogen-bond acceptors (Lipinski definition) is 8. The monoisotopic (exact) mass is 473 g/mol. The van der Waals surface area contributed by atoms with E-state index < -0.39 is 54.3 Å². The van der Waals surface area contributed by atoms with Crippen molar-refractivity contribution in [2.24, 2.45) is 16.5 Å². The molecule has 0 saturated carbocycles. The van der Waals surface area contributed by atoms with Crippen LogP contribution in [-0.2, 0) is 19.1 Å². The fourth-order valence-electron chi connectivity index (χ4n) is 3.30. The van der Waals surface area contributed by atoms with Crippen LogP contribution >= 0.6 is 0 Å². The van der Waals surface area contributed by atoms with Crippen LogP contribution < -0.4 is 22.1 Å². The standard InChI is InChI=1S/C20H35N5O8/c1-3-4-5-6-7-10-23-19(29)33-20(30,31)9-8-14-16(24-12(2)26)13(25-18(21)22)11-15(32-14)17(27)28/h11,13-14,16,30-31H,3-10H2,1-2H3,(H,23,29)(H,24,26)(H,27,28)(H4,21,22,25)/t13-,14+,16+/m0/s1. The molecule has 13 nitrogen and oxygen atoms in total. The van der Waals surface area contributed by atoms with Crippen molar-refractivity contribution in [1.82, 2.24) is 10.6 Å². The molecule has 33 heavy (non-hydrogen) atoms. The van der Waals surface area contributed by atoms with Crippen LogP contribution in [0.2, 0.25) is 0 Å². The van der Waals surface area contributed by atoms with Crippen LogP contribution in [0.15, 0.2) is 16.8 Å². The highest BCUT2D eigenvalue weighted by molar-refractivity contribution is 5.85. The first-order valence-corrected chi connectivity index (χ1v) is 10.8. The van der Waals surface area contributed by atoms with Gasteiger partial charge in [-0.3, -0.25) is 4.79 Å². The fraction of sp³-hybridized carbons (Fsp3) is 0.700. The van der Waals surface area contributed by atoms with Crippen molar-refractivity contribution >= 4 is 23.9 Å². The molecule has 0 aromatic heterocycles. The van der Waals surface area contributed by atoms with Gasteiger partial charge in [-0.15, -0.1) is 0 Å². The minimum Gasteiger partial charge on any atom is -0.481 e. The highest BCUT2D eigenvalue weighted by Gasteiger charge is 2.40. The van der Waals surface area contributed by atoms with Crippen LogP contribution in [0.5, 0.6) is 0 Å². The molecule has 2 amide bonds. The van der Waals surface area contributed by atoms with Gasteiger partial charge in [-0.2, -0.15) is 0 Å². The zero-order valence-corrected chi connectivity index (χ0v) is 19.0. The average molecular weight is 474 g/mol. The summed E-state index contributed by atoms with van der Waals surface area (Å²) < 4.78 is 10.1. The summed E-state index contributed by atoms with van der Waals surface area (Å²) in [6.07, 6.45) is 3.19. The molecule has 0 unspecified atom stereocenters. The number of carbonyl (C=O) groups excluding carboxylic acids is 2. The molecule has 0 saturated heterocycles. The number of aliphatic imine (C=N–C) groups is 1. The molecule has 13 heteroatoms. The van der Waals surface area contributed by atoms with E-state index >= 15 is 0 Å². The van der Waals surface area contributed by atoms with Crippen molar-refractivity contribution < 1.29 is 39.2 Å². The van der Waals surface area contributed by atoms with Crippen LogP contribution in [0.4, 0.5) is 4.79 Å². The Kier molecular flexibility index (Phi) is 11.4. The minimum atomic E-state index is -2.85. The lowest BCUT2D eigenvalue weighted by Gasteiger charge is -2.36. The van der Waals surface area contributed by atoms with Crippen LogP contribution in [0.25, 0.3) is 0 Å². The second-order valence-electron chi connectivity index (χ2n) is 7.78. The molecule has 9 N–H and O–H groups in total. The molecule has 1 heterocycles. The maximum Gasteiger partial charge on any atom is 0.411 e. The number of aliphatic hydroxyl groups is 2. The number of amides is 2. The van der Waals surface area contributed by atoms with Gasteiger partial charge in [0, 0.05) is 19.9 Å². The number of aliphatic carboxylic acids is 1. The van der Waals surface area contributed by atoms with Crippen LogP contribution in [0.1, 0.15) is 58.8 Å². The van der Waals surface area contributed by atoms with E-state index in [1.165, 1.54) is 6.92 Å². The molecule has 0 bridgehead atoms. The van der Waals surface area contributed by atoms with Gasteiger partial charge >= 0.3 is 18.0 Å². The Morgan fingerprint density at radius 2 is 1.88 bits per heavy atom. The lowest BCUT2D eigenvalue weighted by Crippen LogP contribution is -2.54. The Morgan fingerprint density at radius 3 is 2.45 bits per heavy atom. The molecule has 1 aliphatic rings. The summed E-state index contributed by atoms with van der Waals surface area (Å²) in [6, 6.07) is -1.90. The van der Waals surface area contributed by atoms with Gasteiger partial charge in [-0.05, 0) is 18.9 Å². The smallest absolute Gasteiger partial charge is 0.411 e. The molecular formula is C20H35N5O8. The maximum atomic E-state index is 11.8. The van der Waals surface area contributed by atoms with Gasteiger partial charge in [0.15, 0.2) is 5.96 Å². The summed E-state index contributed by atoms with van der Waals surface area (Å²) >= 11 is 0. The second kappa shape index (κ2) is 13.5. The van der Waals surface area contributed by atoms with E-state index in [0.717, 1.165) is 38.2 Å². The predicted molar refractivity (Wildman–Crippen MR) is 117 cm³/mol. The number of nitrogens with one attached hydrogen (secondary N) is 2. The Morgan fingerprint density at radius 1 is 1.21 bits per heavy atom. The first-order chi connectivity index (χ1) is 15.4. The van der Waals surface area contributed by atoms with Gasteiger partial charge < -0.3 is 46.9 Å². The van der Waals surface area contributed by atoms with E-state index in [2.05, 4.69) is 27.3 Å². The number of nitrogens with zero attached hydrogens (tertiary/aromatic N) is 1.